The molecule has 1 saturated heterocycles. The summed E-state index contributed by atoms with van der Waals surface area (Å²) in [6.07, 6.45) is 3.67. The molecule has 1 fully saturated rings. The van der Waals surface area contributed by atoms with E-state index in [1.165, 1.54) is 19.3 Å². The Bertz CT molecular complexity index is 943. The fourth-order valence-electron chi connectivity index (χ4n) is 4.29. The summed E-state index contributed by atoms with van der Waals surface area (Å²) in [5.74, 6) is 0.962. The van der Waals surface area contributed by atoms with Gasteiger partial charge in [0.15, 0.2) is 0 Å². The Balaban J connectivity index is 1.64. The van der Waals surface area contributed by atoms with Crippen molar-refractivity contribution in [3.8, 4) is 5.75 Å². The predicted molar refractivity (Wildman–Crippen MR) is 132 cm³/mol. The third kappa shape index (κ3) is 4.86. The van der Waals surface area contributed by atoms with Crippen molar-refractivity contribution in [2.45, 2.75) is 39.2 Å². The van der Waals surface area contributed by atoms with Crippen LogP contribution in [-0.4, -0.2) is 35.4 Å². The molecule has 7 heteroatoms. The van der Waals surface area contributed by atoms with Crippen molar-refractivity contribution in [1.82, 2.24) is 10.4 Å². The first-order valence-electron chi connectivity index (χ1n) is 11.0. The van der Waals surface area contributed by atoms with Crippen LogP contribution in [0.2, 0.25) is 5.02 Å². The van der Waals surface area contributed by atoms with Crippen molar-refractivity contribution in [3.05, 3.63) is 59.1 Å². The number of hydrogen-bond donors (Lipinski definition) is 1. The fraction of sp³-hybridized carbons (Fsp3) is 0.417. The van der Waals surface area contributed by atoms with Gasteiger partial charge in [0.25, 0.3) is 0 Å². The van der Waals surface area contributed by atoms with Gasteiger partial charge in [-0.05, 0) is 49.6 Å². The van der Waals surface area contributed by atoms with Crippen LogP contribution in [0.4, 0.5) is 5.69 Å². The number of ether oxygens (including phenoxy) is 1. The lowest BCUT2D eigenvalue weighted by molar-refractivity contribution is 0.197. The van der Waals surface area contributed by atoms with Crippen LogP contribution in [0.15, 0.2) is 53.6 Å². The Morgan fingerprint density at radius 1 is 1.13 bits per heavy atom. The number of hydrazone groups is 1. The molecule has 1 N–H and O–H groups in total. The Hall–Kier alpha value is -2.15. The molecule has 0 spiro atoms. The summed E-state index contributed by atoms with van der Waals surface area (Å²) in [6.45, 7) is 6.84. The number of halogens is 1. The highest BCUT2D eigenvalue weighted by atomic mass is 35.5. The molecule has 31 heavy (non-hydrogen) atoms. The molecule has 2 aromatic carbocycles. The summed E-state index contributed by atoms with van der Waals surface area (Å²) in [4.78, 5) is 0.694. The van der Waals surface area contributed by atoms with Crippen molar-refractivity contribution in [2.75, 3.05) is 24.7 Å². The molecule has 2 aromatic rings. The van der Waals surface area contributed by atoms with E-state index in [-0.39, 0.29) is 12.0 Å². The second-order valence-electron chi connectivity index (χ2n) is 8.01. The van der Waals surface area contributed by atoms with Gasteiger partial charge in [0.2, 0.25) is 0 Å². The second kappa shape index (κ2) is 9.98. The highest BCUT2D eigenvalue weighted by Crippen LogP contribution is 2.42. The number of benzene rings is 2. The third-order valence-electron chi connectivity index (χ3n) is 5.86. The van der Waals surface area contributed by atoms with Crippen LogP contribution in [0, 0.1) is 5.92 Å². The van der Waals surface area contributed by atoms with Crippen molar-refractivity contribution in [1.29, 1.82) is 0 Å². The molecule has 2 aliphatic rings. The topological polar surface area (TPSA) is 40.1 Å². The summed E-state index contributed by atoms with van der Waals surface area (Å²) >= 11 is 12.4. The van der Waals surface area contributed by atoms with E-state index in [1.54, 1.807) is 0 Å². The molecule has 2 heterocycles. The summed E-state index contributed by atoms with van der Waals surface area (Å²) in [7, 11) is 0. The van der Waals surface area contributed by atoms with Gasteiger partial charge in [0, 0.05) is 19.0 Å². The highest BCUT2D eigenvalue weighted by Gasteiger charge is 2.39. The van der Waals surface area contributed by atoms with Crippen LogP contribution in [-0.2, 0) is 0 Å². The SMILES string of the molecule is CCOc1ccc([C@H]2[C@@H](C)C(C(=S)NN3CCCCC3)=NN2c2ccccc2Cl)cc1. The zero-order valence-corrected chi connectivity index (χ0v) is 19.6. The fourth-order valence-corrected chi connectivity index (χ4v) is 4.87. The van der Waals surface area contributed by atoms with E-state index in [0.717, 1.165) is 35.8 Å². The number of para-hydroxylation sites is 1. The van der Waals surface area contributed by atoms with Crippen molar-refractivity contribution in [3.63, 3.8) is 0 Å². The third-order valence-corrected chi connectivity index (χ3v) is 6.48. The second-order valence-corrected chi connectivity index (χ2v) is 8.82. The van der Waals surface area contributed by atoms with Gasteiger partial charge in [-0.2, -0.15) is 5.10 Å². The first kappa shape index (κ1) is 22.1. The number of anilines is 1. The molecule has 0 bridgehead atoms. The van der Waals surface area contributed by atoms with Gasteiger partial charge in [0.1, 0.15) is 16.4 Å². The molecule has 0 aromatic heterocycles. The summed E-state index contributed by atoms with van der Waals surface area (Å²) in [5, 5.41) is 9.89. The molecule has 0 amide bonds. The normalized spacial score (nSPS) is 21.6. The maximum absolute atomic E-state index is 6.57. The molecule has 164 valence electrons. The number of thiocarbonyl (C=S) groups is 1. The minimum Gasteiger partial charge on any atom is -0.494 e. The Morgan fingerprint density at radius 3 is 2.52 bits per heavy atom. The number of hydrazine groups is 1. The van der Waals surface area contributed by atoms with Crippen molar-refractivity contribution >= 4 is 40.2 Å². The molecule has 0 aliphatic carbocycles. The van der Waals surface area contributed by atoms with Gasteiger partial charge in [-0.3, -0.25) is 5.01 Å². The van der Waals surface area contributed by atoms with E-state index in [2.05, 4.69) is 29.5 Å². The number of piperidine rings is 1. The van der Waals surface area contributed by atoms with Crippen molar-refractivity contribution in [2.24, 2.45) is 11.0 Å². The molecular formula is C24H29ClN4OS. The van der Waals surface area contributed by atoms with Gasteiger partial charge in [-0.1, -0.05) is 61.4 Å². The van der Waals surface area contributed by atoms with E-state index < -0.39 is 0 Å². The molecule has 0 radical (unpaired) electrons. The number of nitrogens with one attached hydrogen (secondary N) is 1. The minimum absolute atomic E-state index is 0.00770. The average molecular weight is 457 g/mol. The zero-order chi connectivity index (χ0) is 21.8. The maximum Gasteiger partial charge on any atom is 0.137 e. The standard InChI is InChI=1S/C24H29ClN4OS/c1-3-30-19-13-11-18(12-14-19)23-17(2)22(24(31)27-28-15-7-4-8-16-28)26-29(23)21-10-6-5-9-20(21)25/h5-6,9-14,17,23H,3-4,7-8,15-16H2,1-2H3,(H,27,31)/t17-,23+/m0/s1. The predicted octanol–water partition coefficient (Wildman–Crippen LogP) is 5.61. The van der Waals surface area contributed by atoms with E-state index in [0.29, 0.717) is 16.6 Å². The molecular weight excluding hydrogens is 428 g/mol. The largest absolute Gasteiger partial charge is 0.494 e. The van der Waals surface area contributed by atoms with E-state index in [9.17, 15) is 0 Å². The first-order valence-corrected chi connectivity index (χ1v) is 11.8. The quantitative estimate of drug-likeness (QED) is 0.572. The van der Waals surface area contributed by atoms with Gasteiger partial charge >= 0.3 is 0 Å². The smallest absolute Gasteiger partial charge is 0.137 e. The highest BCUT2D eigenvalue weighted by molar-refractivity contribution is 7.82. The van der Waals surface area contributed by atoms with Crippen molar-refractivity contribution < 1.29 is 4.74 Å². The zero-order valence-electron chi connectivity index (χ0n) is 18.1. The Morgan fingerprint density at radius 2 is 1.84 bits per heavy atom. The van der Waals surface area contributed by atoms with Gasteiger partial charge in [0.05, 0.1) is 23.4 Å². The molecule has 5 nitrogen and oxygen atoms in total. The monoisotopic (exact) mass is 456 g/mol. The lowest BCUT2D eigenvalue weighted by Crippen LogP contribution is -2.47. The Labute approximate surface area is 195 Å². The summed E-state index contributed by atoms with van der Waals surface area (Å²) in [5.41, 5.74) is 6.35. The van der Waals surface area contributed by atoms with E-state index in [4.69, 9.17) is 33.7 Å². The van der Waals surface area contributed by atoms with Gasteiger partial charge in [-0.25, -0.2) is 5.01 Å². The van der Waals surface area contributed by atoms with Crippen LogP contribution >= 0.6 is 23.8 Å². The van der Waals surface area contributed by atoms with Crippen LogP contribution in [0.5, 0.6) is 5.75 Å². The number of nitrogens with zero attached hydrogens (tertiary/aromatic N) is 3. The lowest BCUT2D eigenvalue weighted by atomic mass is 9.91. The van der Waals surface area contributed by atoms with Crippen LogP contribution < -0.4 is 15.2 Å². The summed E-state index contributed by atoms with van der Waals surface area (Å²) < 4.78 is 5.63. The molecule has 2 aliphatic heterocycles. The van der Waals surface area contributed by atoms with Crippen LogP contribution in [0.25, 0.3) is 0 Å². The molecule has 0 unspecified atom stereocenters. The van der Waals surface area contributed by atoms with Gasteiger partial charge < -0.3 is 10.2 Å². The number of rotatable bonds is 6. The van der Waals surface area contributed by atoms with Gasteiger partial charge in [-0.15, -0.1) is 0 Å². The molecule has 0 saturated carbocycles. The molecule has 4 rings (SSSR count). The number of hydrogen-bond acceptors (Lipinski definition) is 5. The van der Waals surface area contributed by atoms with E-state index in [1.807, 2.05) is 48.3 Å². The Kier molecular flexibility index (Phi) is 7.10. The average Bonchev–Trinajstić information content (AvgIpc) is 3.12. The molecule has 2 atom stereocenters. The van der Waals surface area contributed by atoms with Crippen LogP contribution in [0.1, 0.15) is 44.7 Å². The first-order chi connectivity index (χ1) is 15.1. The maximum atomic E-state index is 6.57. The van der Waals surface area contributed by atoms with E-state index >= 15 is 0 Å². The minimum atomic E-state index is -0.00770. The van der Waals surface area contributed by atoms with Crippen LogP contribution in [0.3, 0.4) is 0 Å². The summed E-state index contributed by atoms with van der Waals surface area (Å²) in [6, 6.07) is 16.1. The lowest BCUT2D eigenvalue weighted by Gasteiger charge is -2.29.